The summed E-state index contributed by atoms with van der Waals surface area (Å²) in [4.78, 5) is 24.3. The molecule has 0 saturated carbocycles. The summed E-state index contributed by atoms with van der Waals surface area (Å²) < 4.78 is 23.6. The lowest BCUT2D eigenvalue weighted by Crippen LogP contribution is -2.48. The lowest BCUT2D eigenvalue weighted by Gasteiger charge is -2.35. The van der Waals surface area contributed by atoms with Crippen LogP contribution in [-0.4, -0.2) is 49.0 Å². The fourth-order valence-corrected chi connectivity index (χ4v) is 3.90. The van der Waals surface area contributed by atoms with E-state index in [4.69, 9.17) is 0 Å². The van der Waals surface area contributed by atoms with Gasteiger partial charge < -0.3 is 10.2 Å². The zero-order valence-electron chi connectivity index (χ0n) is 14.6. The summed E-state index contributed by atoms with van der Waals surface area (Å²) in [5.41, 5.74) is -0.117. The van der Waals surface area contributed by atoms with Crippen LogP contribution in [0.15, 0.2) is 23.1 Å². The number of anilines is 1. The summed E-state index contributed by atoms with van der Waals surface area (Å²) in [5.74, 6) is -0.0635. The van der Waals surface area contributed by atoms with Crippen LogP contribution in [0, 0.1) is 10.1 Å². The Balaban J connectivity index is 2.22. The molecule has 0 radical (unpaired) electrons. The van der Waals surface area contributed by atoms with Gasteiger partial charge in [0.1, 0.15) is 10.9 Å². The van der Waals surface area contributed by atoms with Crippen molar-refractivity contribution in [3.05, 3.63) is 28.3 Å². The second-order valence-electron chi connectivity index (χ2n) is 6.45. The van der Waals surface area contributed by atoms with E-state index in [1.165, 1.54) is 12.1 Å². The van der Waals surface area contributed by atoms with Crippen molar-refractivity contribution in [3.8, 4) is 0 Å². The molecule has 1 aliphatic rings. The number of nitro groups is 1. The highest BCUT2D eigenvalue weighted by Crippen LogP contribution is 2.27. The van der Waals surface area contributed by atoms with Gasteiger partial charge in [-0.25, -0.2) is 8.42 Å². The zero-order valence-corrected chi connectivity index (χ0v) is 15.4. The Morgan fingerprint density at radius 2 is 2.08 bits per heavy atom. The minimum Gasteiger partial charge on any atom is -0.374 e. The third-order valence-corrected chi connectivity index (χ3v) is 5.52. The molecule has 138 valence electrons. The molecule has 1 aromatic rings. The largest absolute Gasteiger partial charge is 0.374 e. The molecule has 1 fully saturated rings. The fourth-order valence-electron chi connectivity index (χ4n) is 3.04. The summed E-state index contributed by atoms with van der Waals surface area (Å²) in [6.45, 7) is 4.42. The molecule has 2 rings (SSSR count). The normalized spacial score (nSPS) is 19.3. The third-order valence-electron chi connectivity index (χ3n) is 4.40. The van der Waals surface area contributed by atoms with E-state index in [0.717, 1.165) is 31.6 Å². The predicted molar refractivity (Wildman–Crippen MR) is 94.3 cm³/mol. The Kier molecular flexibility index (Phi) is 5.66. The maximum Gasteiger partial charge on any atom is 0.288 e. The van der Waals surface area contributed by atoms with Crippen molar-refractivity contribution < 1.29 is 18.1 Å². The Bertz CT molecular complexity index is 778. The van der Waals surface area contributed by atoms with Crippen LogP contribution in [-0.2, 0) is 14.6 Å². The van der Waals surface area contributed by atoms with Gasteiger partial charge in [0, 0.05) is 30.6 Å². The van der Waals surface area contributed by atoms with Crippen molar-refractivity contribution in [1.82, 2.24) is 4.90 Å². The van der Waals surface area contributed by atoms with Crippen molar-refractivity contribution in [1.29, 1.82) is 0 Å². The molecule has 1 aromatic carbocycles. The molecule has 0 aliphatic carbocycles. The molecule has 0 aromatic heterocycles. The van der Waals surface area contributed by atoms with Crippen molar-refractivity contribution in [2.45, 2.75) is 50.1 Å². The first kappa shape index (κ1) is 19.2. The van der Waals surface area contributed by atoms with Gasteiger partial charge in [-0.3, -0.25) is 14.9 Å². The maximum atomic E-state index is 12.6. The van der Waals surface area contributed by atoms with E-state index >= 15 is 0 Å². The topological polar surface area (TPSA) is 110 Å². The molecular weight excluding hydrogens is 346 g/mol. The van der Waals surface area contributed by atoms with Crippen LogP contribution < -0.4 is 5.32 Å². The molecule has 9 heteroatoms. The summed E-state index contributed by atoms with van der Waals surface area (Å²) in [7, 11) is -3.76. The molecular formula is C16H23N3O5S. The van der Waals surface area contributed by atoms with E-state index < -0.39 is 26.5 Å². The molecule has 2 atom stereocenters. The highest BCUT2D eigenvalue weighted by Gasteiger charge is 2.28. The number of likely N-dealkylation sites (tertiary alicyclic amines) is 1. The van der Waals surface area contributed by atoms with Crippen LogP contribution in [0.3, 0.4) is 0 Å². The fraction of sp³-hybridized carbons (Fsp3) is 0.562. The third kappa shape index (κ3) is 4.47. The molecule has 1 saturated heterocycles. The molecule has 2 unspecified atom stereocenters. The smallest absolute Gasteiger partial charge is 0.288 e. The standard InChI is InChI=1S/C16H23N3O5S/c1-11-6-4-5-9-18(11)16(20)12(2)17-13-7-8-14(19(21)22)15(10-13)25(3,23)24/h7-8,10-12,17H,4-6,9H2,1-3H3. The van der Waals surface area contributed by atoms with Crippen LogP contribution in [0.4, 0.5) is 11.4 Å². The molecule has 0 spiro atoms. The molecule has 25 heavy (non-hydrogen) atoms. The van der Waals surface area contributed by atoms with Gasteiger partial charge in [-0.05, 0) is 45.2 Å². The van der Waals surface area contributed by atoms with Gasteiger partial charge in [-0.15, -0.1) is 0 Å². The van der Waals surface area contributed by atoms with Crippen LogP contribution in [0.1, 0.15) is 33.1 Å². The van der Waals surface area contributed by atoms with E-state index in [1.54, 1.807) is 6.92 Å². The van der Waals surface area contributed by atoms with Gasteiger partial charge in [0.2, 0.25) is 5.91 Å². The number of sulfone groups is 1. The van der Waals surface area contributed by atoms with Gasteiger partial charge >= 0.3 is 0 Å². The lowest BCUT2D eigenvalue weighted by atomic mass is 10.0. The van der Waals surface area contributed by atoms with Crippen LogP contribution in [0.2, 0.25) is 0 Å². The number of piperidine rings is 1. The Morgan fingerprint density at radius 3 is 2.64 bits per heavy atom. The molecule has 1 N–H and O–H groups in total. The van der Waals surface area contributed by atoms with Crippen LogP contribution >= 0.6 is 0 Å². The number of nitrogens with zero attached hydrogens (tertiary/aromatic N) is 2. The Morgan fingerprint density at radius 1 is 1.40 bits per heavy atom. The minimum absolute atomic E-state index is 0.0635. The predicted octanol–water partition coefficient (Wildman–Crippen LogP) is 2.20. The van der Waals surface area contributed by atoms with Crippen molar-refractivity contribution in [2.75, 3.05) is 18.1 Å². The highest BCUT2D eigenvalue weighted by molar-refractivity contribution is 7.90. The van der Waals surface area contributed by atoms with Gasteiger partial charge in [0.25, 0.3) is 5.69 Å². The number of hydrogen-bond donors (Lipinski definition) is 1. The monoisotopic (exact) mass is 369 g/mol. The first-order chi connectivity index (χ1) is 11.6. The van der Waals surface area contributed by atoms with Crippen molar-refractivity contribution in [2.24, 2.45) is 0 Å². The molecule has 1 aliphatic heterocycles. The molecule has 1 amide bonds. The van der Waals surface area contributed by atoms with E-state index in [2.05, 4.69) is 5.32 Å². The Hall–Kier alpha value is -2.16. The van der Waals surface area contributed by atoms with Crippen molar-refractivity contribution >= 4 is 27.1 Å². The number of nitrogens with one attached hydrogen (secondary N) is 1. The van der Waals surface area contributed by atoms with E-state index in [-0.39, 0.29) is 16.8 Å². The van der Waals surface area contributed by atoms with Crippen LogP contribution in [0.5, 0.6) is 0 Å². The van der Waals surface area contributed by atoms with Gasteiger partial charge in [0.15, 0.2) is 9.84 Å². The number of benzene rings is 1. The van der Waals surface area contributed by atoms with Crippen molar-refractivity contribution in [3.63, 3.8) is 0 Å². The van der Waals surface area contributed by atoms with Gasteiger partial charge in [-0.2, -0.15) is 0 Å². The first-order valence-electron chi connectivity index (χ1n) is 8.16. The second kappa shape index (κ2) is 7.38. The first-order valence-corrected chi connectivity index (χ1v) is 10.1. The maximum absolute atomic E-state index is 12.6. The molecule has 1 heterocycles. The SMILES string of the molecule is CC(Nc1ccc([N+](=O)[O-])c(S(C)(=O)=O)c1)C(=O)N1CCCCC1C. The number of hydrogen-bond acceptors (Lipinski definition) is 6. The number of rotatable bonds is 5. The van der Waals surface area contributed by atoms with Crippen LogP contribution in [0.25, 0.3) is 0 Å². The molecule has 0 bridgehead atoms. The summed E-state index contributed by atoms with van der Waals surface area (Å²) in [6.07, 6.45) is 3.96. The average molecular weight is 369 g/mol. The van der Waals surface area contributed by atoms with E-state index in [9.17, 15) is 23.3 Å². The minimum atomic E-state index is -3.76. The average Bonchev–Trinajstić information content (AvgIpc) is 2.53. The van der Waals surface area contributed by atoms with Gasteiger partial charge in [0.05, 0.1) is 4.92 Å². The second-order valence-corrected chi connectivity index (χ2v) is 8.44. The number of carbonyl (C=O) groups is 1. The number of nitro benzene ring substituents is 1. The lowest BCUT2D eigenvalue weighted by molar-refractivity contribution is -0.387. The number of amides is 1. The Labute approximate surface area is 147 Å². The van der Waals surface area contributed by atoms with E-state index in [1.807, 2.05) is 11.8 Å². The molecule has 8 nitrogen and oxygen atoms in total. The summed E-state index contributed by atoms with van der Waals surface area (Å²) in [5, 5.41) is 14.0. The quantitative estimate of drug-likeness (QED) is 0.629. The van der Waals surface area contributed by atoms with Gasteiger partial charge in [-0.1, -0.05) is 0 Å². The summed E-state index contributed by atoms with van der Waals surface area (Å²) in [6, 6.07) is 3.37. The summed E-state index contributed by atoms with van der Waals surface area (Å²) >= 11 is 0. The highest BCUT2D eigenvalue weighted by atomic mass is 32.2. The number of carbonyl (C=O) groups excluding carboxylic acids is 1. The van der Waals surface area contributed by atoms with E-state index in [0.29, 0.717) is 12.2 Å². The zero-order chi connectivity index (χ0) is 18.8.